The number of hydrogen-bond donors (Lipinski definition) is 0. The van der Waals surface area contributed by atoms with Gasteiger partial charge in [-0.3, -0.25) is 9.69 Å². The van der Waals surface area contributed by atoms with Gasteiger partial charge in [-0.25, -0.2) is 0 Å². The van der Waals surface area contributed by atoms with Gasteiger partial charge in [-0.15, -0.1) is 0 Å². The van der Waals surface area contributed by atoms with Crippen LogP contribution in [0.2, 0.25) is 0 Å². The van der Waals surface area contributed by atoms with Gasteiger partial charge in [0.05, 0.1) is 20.1 Å². The fraction of sp³-hybridized carbons (Fsp3) is 0.500. The molecule has 0 N–H and O–H groups in total. The van der Waals surface area contributed by atoms with Gasteiger partial charge < -0.3 is 9.47 Å². The molecule has 0 fully saturated rings. The highest BCUT2D eigenvalue weighted by Crippen LogP contribution is 2.17. The van der Waals surface area contributed by atoms with E-state index in [2.05, 4.69) is 31.6 Å². The van der Waals surface area contributed by atoms with Crippen molar-refractivity contribution in [1.82, 2.24) is 4.90 Å². The van der Waals surface area contributed by atoms with E-state index in [0.29, 0.717) is 19.6 Å². The molecular weight excluding hydrogens is 310 g/mol. The maximum Gasteiger partial charge on any atom is 0.306 e. The zero-order valence-corrected chi connectivity index (χ0v) is 13.0. The van der Waals surface area contributed by atoms with Gasteiger partial charge in [0.2, 0.25) is 0 Å². The Morgan fingerprint density at radius 2 is 2.00 bits per heavy atom. The van der Waals surface area contributed by atoms with Crippen LogP contribution in [0.5, 0.6) is 0 Å². The Morgan fingerprint density at radius 1 is 1.26 bits per heavy atom. The fourth-order valence-corrected chi connectivity index (χ4v) is 2.12. The minimum absolute atomic E-state index is 0.186. The maximum absolute atomic E-state index is 11.2. The van der Waals surface area contributed by atoms with E-state index in [-0.39, 0.29) is 5.97 Å². The van der Waals surface area contributed by atoms with E-state index in [1.807, 2.05) is 18.2 Å². The van der Waals surface area contributed by atoms with Gasteiger partial charge >= 0.3 is 5.97 Å². The molecule has 0 aliphatic heterocycles. The van der Waals surface area contributed by atoms with Crippen LogP contribution in [0.1, 0.15) is 12.0 Å². The van der Waals surface area contributed by atoms with Crippen molar-refractivity contribution in [3.63, 3.8) is 0 Å². The Hall–Kier alpha value is -0.910. The van der Waals surface area contributed by atoms with Crippen molar-refractivity contribution in [2.24, 2.45) is 0 Å². The Morgan fingerprint density at radius 3 is 2.63 bits per heavy atom. The van der Waals surface area contributed by atoms with Crippen LogP contribution in [0.15, 0.2) is 28.7 Å². The highest BCUT2D eigenvalue weighted by Gasteiger charge is 2.10. The van der Waals surface area contributed by atoms with E-state index in [1.54, 1.807) is 7.11 Å². The number of carbonyl (C=O) groups excluding carboxylic acids is 1. The molecule has 5 heteroatoms. The minimum atomic E-state index is -0.186. The molecular formula is C14H20BrNO3. The first kappa shape index (κ1) is 16.1. The molecule has 1 rings (SSSR count). The van der Waals surface area contributed by atoms with Crippen molar-refractivity contribution in [2.45, 2.75) is 13.0 Å². The summed E-state index contributed by atoms with van der Waals surface area (Å²) in [5.74, 6) is -0.186. The Labute approximate surface area is 122 Å². The van der Waals surface area contributed by atoms with Crippen molar-refractivity contribution in [3.05, 3.63) is 34.3 Å². The average Bonchev–Trinajstić information content (AvgIpc) is 2.43. The number of esters is 1. The number of benzene rings is 1. The Kier molecular flexibility index (Phi) is 7.70. The number of hydrogen-bond acceptors (Lipinski definition) is 4. The molecule has 0 aromatic heterocycles. The molecule has 0 saturated carbocycles. The van der Waals surface area contributed by atoms with E-state index in [1.165, 1.54) is 12.7 Å². The molecule has 19 heavy (non-hydrogen) atoms. The zero-order valence-electron chi connectivity index (χ0n) is 11.4. The van der Waals surface area contributed by atoms with E-state index < -0.39 is 0 Å². The second-order valence-corrected chi connectivity index (χ2v) is 5.04. The first-order chi connectivity index (χ1) is 9.17. The third kappa shape index (κ3) is 6.18. The van der Waals surface area contributed by atoms with Gasteiger partial charge in [-0.1, -0.05) is 34.1 Å². The number of rotatable bonds is 8. The van der Waals surface area contributed by atoms with Crippen LogP contribution >= 0.6 is 15.9 Å². The molecule has 0 atom stereocenters. The van der Waals surface area contributed by atoms with Crippen LogP contribution in [0.25, 0.3) is 0 Å². The maximum atomic E-state index is 11.2. The molecule has 0 spiro atoms. The normalized spacial score (nSPS) is 10.7. The molecule has 0 bridgehead atoms. The summed E-state index contributed by atoms with van der Waals surface area (Å²) in [6.07, 6.45) is 0.394. The summed E-state index contributed by atoms with van der Waals surface area (Å²) in [5, 5.41) is 0. The monoisotopic (exact) mass is 329 g/mol. The van der Waals surface area contributed by atoms with Crippen LogP contribution in [-0.2, 0) is 20.8 Å². The molecule has 0 radical (unpaired) electrons. The number of nitrogens with zero attached hydrogens (tertiary/aromatic N) is 1. The zero-order chi connectivity index (χ0) is 14.1. The van der Waals surface area contributed by atoms with Gasteiger partial charge in [0.25, 0.3) is 0 Å². The second kappa shape index (κ2) is 9.07. The van der Waals surface area contributed by atoms with Gasteiger partial charge in [0.1, 0.15) is 0 Å². The van der Waals surface area contributed by atoms with E-state index >= 15 is 0 Å². The minimum Gasteiger partial charge on any atom is -0.469 e. The molecule has 0 heterocycles. The first-order valence-electron chi connectivity index (χ1n) is 6.19. The van der Waals surface area contributed by atoms with Gasteiger partial charge in [-0.05, 0) is 11.6 Å². The molecule has 0 unspecified atom stereocenters. The lowest BCUT2D eigenvalue weighted by Gasteiger charge is -2.22. The van der Waals surface area contributed by atoms with Crippen molar-refractivity contribution >= 4 is 21.9 Å². The molecule has 0 aliphatic rings. The summed E-state index contributed by atoms with van der Waals surface area (Å²) in [6, 6.07) is 8.09. The molecule has 106 valence electrons. The van der Waals surface area contributed by atoms with Crippen molar-refractivity contribution in [1.29, 1.82) is 0 Å². The number of halogens is 1. The summed E-state index contributed by atoms with van der Waals surface area (Å²) in [4.78, 5) is 13.4. The fourth-order valence-electron chi connectivity index (χ4n) is 1.71. The van der Waals surface area contributed by atoms with Crippen molar-refractivity contribution in [2.75, 3.05) is 33.9 Å². The third-order valence-electron chi connectivity index (χ3n) is 2.82. The lowest BCUT2D eigenvalue weighted by Crippen LogP contribution is -2.29. The number of ether oxygens (including phenoxy) is 2. The summed E-state index contributed by atoms with van der Waals surface area (Å²) in [7, 11) is 3.09. The third-order valence-corrected chi connectivity index (χ3v) is 3.60. The van der Waals surface area contributed by atoms with Gasteiger partial charge in [0, 0.05) is 31.2 Å². The second-order valence-electron chi connectivity index (χ2n) is 4.19. The molecule has 1 aromatic rings. The van der Waals surface area contributed by atoms with E-state index in [4.69, 9.17) is 4.74 Å². The predicted octanol–water partition coefficient (Wildman–Crippen LogP) is 2.46. The quantitative estimate of drug-likeness (QED) is 0.687. The number of carbonyl (C=O) groups is 1. The summed E-state index contributed by atoms with van der Waals surface area (Å²) in [6.45, 7) is 2.87. The molecule has 0 saturated heterocycles. The standard InChI is InChI=1S/C14H20BrNO3/c1-18-10-9-16(8-7-14(17)19-2)11-12-5-3-4-6-13(12)15/h3-6H,7-11H2,1-2H3. The highest BCUT2D eigenvalue weighted by atomic mass is 79.9. The van der Waals surface area contributed by atoms with Crippen LogP contribution in [0.3, 0.4) is 0 Å². The van der Waals surface area contributed by atoms with Crippen molar-refractivity contribution < 1.29 is 14.3 Å². The predicted molar refractivity (Wildman–Crippen MR) is 77.9 cm³/mol. The molecule has 1 aromatic carbocycles. The largest absolute Gasteiger partial charge is 0.469 e. The van der Waals surface area contributed by atoms with Crippen molar-refractivity contribution in [3.8, 4) is 0 Å². The average molecular weight is 330 g/mol. The van der Waals surface area contributed by atoms with Crippen LogP contribution in [0, 0.1) is 0 Å². The Balaban J connectivity index is 2.58. The molecule has 0 aliphatic carbocycles. The molecule has 0 amide bonds. The first-order valence-corrected chi connectivity index (χ1v) is 6.98. The lowest BCUT2D eigenvalue weighted by molar-refractivity contribution is -0.141. The summed E-state index contributed by atoms with van der Waals surface area (Å²) in [5.41, 5.74) is 1.20. The lowest BCUT2D eigenvalue weighted by atomic mass is 10.2. The van der Waals surface area contributed by atoms with E-state index in [0.717, 1.165) is 17.6 Å². The van der Waals surface area contributed by atoms with Gasteiger partial charge in [0.15, 0.2) is 0 Å². The van der Waals surface area contributed by atoms with Crippen LogP contribution < -0.4 is 0 Å². The Bertz CT molecular complexity index is 398. The summed E-state index contributed by atoms with van der Waals surface area (Å²) < 4.78 is 10.9. The van der Waals surface area contributed by atoms with E-state index in [9.17, 15) is 4.79 Å². The number of methoxy groups -OCH3 is 2. The SMILES string of the molecule is COCCN(CCC(=O)OC)Cc1ccccc1Br. The smallest absolute Gasteiger partial charge is 0.306 e. The summed E-state index contributed by atoms with van der Waals surface area (Å²) >= 11 is 3.54. The van der Waals surface area contributed by atoms with Gasteiger partial charge in [-0.2, -0.15) is 0 Å². The van der Waals surface area contributed by atoms with Crippen LogP contribution in [0.4, 0.5) is 0 Å². The van der Waals surface area contributed by atoms with Crippen LogP contribution in [-0.4, -0.2) is 44.8 Å². The topological polar surface area (TPSA) is 38.8 Å². The molecule has 4 nitrogen and oxygen atoms in total. The highest BCUT2D eigenvalue weighted by molar-refractivity contribution is 9.10.